The second-order valence-electron chi connectivity index (χ2n) is 5.76. The zero-order chi connectivity index (χ0) is 16.1. The molecule has 1 saturated heterocycles. The van der Waals surface area contributed by atoms with Crippen molar-refractivity contribution in [2.45, 2.75) is 39.2 Å². The number of rotatable bonds is 6. The number of anilines is 1. The Morgan fingerprint density at radius 3 is 3.09 bits per heavy atom. The van der Waals surface area contributed by atoms with Crippen LogP contribution in [0.5, 0.6) is 0 Å². The zero-order valence-electron chi connectivity index (χ0n) is 13.2. The lowest BCUT2D eigenvalue weighted by Crippen LogP contribution is -2.20. The molecule has 8 heteroatoms. The molecule has 1 aliphatic rings. The highest BCUT2D eigenvalue weighted by Crippen LogP contribution is 2.19. The first-order valence-electron chi connectivity index (χ1n) is 7.99. The number of nitrogens with zero attached hydrogens (tertiary/aromatic N) is 4. The molecule has 0 aromatic carbocycles. The molecule has 2 aromatic rings. The molecule has 1 aliphatic heterocycles. The fourth-order valence-electron chi connectivity index (χ4n) is 2.69. The number of carbonyl (C=O) groups is 1. The molecule has 2 aromatic heterocycles. The van der Waals surface area contributed by atoms with Gasteiger partial charge in [-0.15, -0.1) is 5.10 Å². The standard InChI is InChI=1S/C15H21N5O2S/c1-2-3-13-14(23-19-18-13)15(21)17-12-8-16-20(10-12)9-11-4-6-22-7-5-11/h8,10-11H,2-7,9H2,1H3,(H,17,21). The van der Waals surface area contributed by atoms with Crippen molar-refractivity contribution < 1.29 is 9.53 Å². The molecule has 0 saturated carbocycles. The molecule has 124 valence electrons. The van der Waals surface area contributed by atoms with E-state index in [0.717, 1.165) is 62.7 Å². The third kappa shape index (κ3) is 4.14. The summed E-state index contributed by atoms with van der Waals surface area (Å²) in [5.74, 6) is 0.433. The molecule has 0 unspecified atom stereocenters. The van der Waals surface area contributed by atoms with Gasteiger partial charge in [0, 0.05) is 26.0 Å². The van der Waals surface area contributed by atoms with Crippen LogP contribution in [0.1, 0.15) is 41.6 Å². The average molecular weight is 335 g/mol. The molecule has 0 atom stereocenters. The Morgan fingerprint density at radius 2 is 2.30 bits per heavy atom. The Bertz CT molecular complexity index is 648. The highest BCUT2D eigenvalue weighted by molar-refractivity contribution is 7.08. The van der Waals surface area contributed by atoms with Crippen molar-refractivity contribution in [2.75, 3.05) is 18.5 Å². The van der Waals surface area contributed by atoms with Gasteiger partial charge in [-0.1, -0.05) is 17.8 Å². The monoisotopic (exact) mass is 335 g/mol. The summed E-state index contributed by atoms with van der Waals surface area (Å²) in [6.45, 7) is 4.58. The third-order valence-corrected chi connectivity index (χ3v) is 4.69. The van der Waals surface area contributed by atoms with Crippen molar-refractivity contribution in [1.82, 2.24) is 19.4 Å². The second-order valence-corrected chi connectivity index (χ2v) is 6.51. The summed E-state index contributed by atoms with van der Waals surface area (Å²) in [4.78, 5) is 12.9. The van der Waals surface area contributed by atoms with Gasteiger partial charge in [-0.25, -0.2) is 0 Å². The Morgan fingerprint density at radius 1 is 1.48 bits per heavy atom. The second kappa shape index (κ2) is 7.65. The Balaban J connectivity index is 1.59. The predicted molar refractivity (Wildman–Crippen MR) is 87.6 cm³/mol. The minimum absolute atomic E-state index is 0.158. The normalized spacial score (nSPS) is 15.7. The summed E-state index contributed by atoms with van der Waals surface area (Å²) in [6.07, 6.45) is 7.40. The minimum Gasteiger partial charge on any atom is -0.381 e. The van der Waals surface area contributed by atoms with E-state index in [-0.39, 0.29) is 5.91 Å². The van der Waals surface area contributed by atoms with Gasteiger partial charge in [0.2, 0.25) is 0 Å². The molecule has 1 amide bonds. The first kappa shape index (κ1) is 16.1. The average Bonchev–Trinajstić information content (AvgIpc) is 3.18. The van der Waals surface area contributed by atoms with E-state index in [1.165, 1.54) is 0 Å². The molecule has 1 N–H and O–H groups in total. The van der Waals surface area contributed by atoms with E-state index in [1.54, 1.807) is 6.20 Å². The molecule has 23 heavy (non-hydrogen) atoms. The van der Waals surface area contributed by atoms with E-state index >= 15 is 0 Å². The third-order valence-electron chi connectivity index (χ3n) is 3.93. The van der Waals surface area contributed by atoms with Gasteiger partial charge in [0.05, 0.1) is 17.6 Å². The van der Waals surface area contributed by atoms with Crippen LogP contribution in [0.15, 0.2) is 12.4 Å². The van der Waals surface area contributed by atoms with E-state index in [0.29, 0.717) is 16.5 Å². The van der Waals surface area contributed by atoms with Gasteiger partial charge < -0.3 is 10.1 Å². The van der Waals surface area contributed by atoms with Crippen molar-refractivity contribution in [3.05, 3.63) is 23.0 Å². The van der Waals surface area contributed by atoms with Crippen LogP contribution in [0.25, 0.3) is 0 Å². The fraction of sp³-hybridized carbons (Fsp3) is 0.600. The van der Waals surface area contributed by atoms with Crippen molar-refractivity contribution >= 4 is 23.1 Å². The molecule has 7 nitrogen and oxygen atoms in total. The lowest BCUT2D eigenvalue weighted by molar-refractivity contribution is 0.0601. The molecular formula is C15H21N5O2S. The lowest BCUT2D eigenvalue weighted by atomic mass is 10.0. The number of hydrogen-bond donors (Lipinski definition) is 1. The summed E-state index contributed by atoms with van der Waals surface area (Å²) in [7, 11) is 0. The Kier molecular flexibility index (Phi) is 5.35. The molecule has 3 heterocycles. The van der Waals surface area contributed by atoms with Gasteiger partial charge in [-0.2, -0.15) is 5.10 Å². The van der Waals surface area contributed by atoms with Gasteiger partial charge in [0.15, 0.2) is 0 Å². The number of aromatic nitrogens is 4. The highest BCUT2D eigenvalue weighted by Gasteiger charge is 2.18. The van der Waals surface area contributed by atoms with Crippen LogP contribution >= 0.6 is 11.5 Å². The maximum absolute atomic E-state index is 12.3. The van der Waals surface area contributed by atoms with Crippen LogP contribution in [0.4, 0.5) is 5.69 Å². The van der Waals surface area contributed by atoms with Crippen LogP contribution in [0.3, 0.4) is 0 Å². The summed E-state index contributed by atoms with van der Waals surface area (Å²) < 4.78 is 11.1. The van der Waals surface area contributed by atoms with E-state index in [2.05, 4.69) is 26.9 Å². The fourth-order valence-corrected chi connectivity index (χ4v) is 3.29. The van der Waals surface area contributed by atoms with Crippen molar-refractivity contribution in [3.63, 3.8) is 0 Å². The van der Waals surface area contributed by atoms with Gasteiger partial charge in [-0.3, -0.25) is 9.48 Å². The summed E-state index contributed by atoms with van der Waals surface area (Å²) in [5.41, 5.74) is 1.47. The Labute approximate surface area is 139 Å². The van der Waals surface area contributed by atoms with E-state index in [1.807, 2.05) is 10.9 Å². The van der Waals surface area contributed by atoms with Gasteiger partial charge in [0.25, 0.3) is 5.91 Å². The van der Waals surface area contributed by atoms with E-state index in [9.17, 15) is 4.79 Å². The van der Waals surface area contributed by atoms with Crippen LogP contribution < -0.4 is 5.32 Å². The Hall–Kier alpha value is -1.80. The van der Waals surface area contributed by atoms with Crippen LogP contribution in [0.2, 0.25) is 0 Å². The predicted octanol–water partition coefficient (Wildman–Crippen LogP) is 2.37. The van der Waals surface area contributed by atoms with Gasteiger partial charge in [0.1, 0.15) is 4.88 Å². The largest absolute Gasteiger partial charge is 0.381 e. The van der Waals surface area contributed by atoms with Crippen molar-refractivity contribution in [3.8, 4) is 0 Å². The topological polar surface area (TPSA) is 81.9 Å². The van der Waals surface area contributed by atoms with Gasteiger partial charge in [-0.05, 0) is 36.7 Å². The first-order valence-corrected chi connectivity index (χ1v) is 8.76. The maximum atomic E-state index is 12.3. The maximum Gasteiger partial charge on any atom is 0.269 e. The number of amides is 1. The van der Waals surface area contributed by atoms with Crippen molar-refractivity contribution in [1.29, 1.82) is 0 Å². The number of aryl methyl sites for hydroxylation is 1. The van der Waals surface area contributed by atoms with Crippen LogP contribution in [0, 0.1) is 5.92 Å². The molecular weight excluding hydrogens is 314 g/mol. The minimum atomic E-state index is -0.158. The van der Waals surface area contributed by atoms with Crippen molar-refractivity contribution in [2.24, 2.45) is 5.92 Å². The summed E-state index contributed by atoms with van der Waals surface area (Å²) >= 11 is 1.14. The summed E-state index contributed by atoms with van der Waals surface area (Å²) in [5, 5.41) is 11.2. The van der Waals surface area contributed by atoms with E-state index in [4.69, 9.17) is 4.74 Å². The zero-order valence-corrected chi connectivity index (χ0v) is 14.0. The SMILES string of the molecule is CCCc1nnsc1C(=O)Nc1cnn(CC2CCOCC2)c1. The van der Waals surface area contributed by atoms with Crippen LogP contribution in [-0.2, 0) is 17.7 Å². The summed E-state index contributed by atoms with van der Waals surface area (Å²) in [6, 6.07) is 0. The molecule has 0 spiro atoms. The molecule has 0 bridgehead atoms. The molecule has 1 fully saturated rings. The quantitative estimate of drug-likeness (QED) is 0.876. The molecule has 0 aliphatic carbocycles. The highest BCUT2D eigenvalue weighted by atomic mass is 32.1. The molecule has 3 rings (SSSR count). The number of nitrogens with one attached hydrogen (secondary N) is 1. The lowest BCUT2D eigenvalue weighted by Gasteiger charge is -2.21. The molecule has 0 radical (unpaired) electrons. The van der Waals surface area contributed by atoms with Crippen LogP contribution in [-0.4, -0.2) is 38.5 Å². The smallest absolute Gasteiger partial charge is 0.269 e. The number of hydrogen-bond acceptors (Lipinski definition) is 6. The number of carbonyl (C=O) groups excluding carboxylic acids is 1. The van der Waals surface area contributed by atoms with Gasteiger partial charge >= 0.3 is 0 Å². The first-order chi connectivity index (χ1) is 11.3. The number of ether oxygens (including phenoxy) is 1. The van der Waals surface area contributed by atoms with E-state index < -0.39 is 0 Å².